The van der Waals surface area contributed by atoms with Crippen molar-refractivity contribution in [1.82, 2.24) is 0 Å². The molecule has 0 spiro atoms. The number of carboxylic acids is 1. The Kier molecular flexibility index (Phi) is 4.42. The molecule has 0 fully saturated rings. The number of nitrogen functional groups attached to an aromatic ring is 1. The summed E-state index contributed by atoms with van der Waals surface area (Å²) in [4.78, 5) is 11.8. The van der Waals surface area contributed by atoms with Gasteiger partial charge in [0.25, 0.3) is 0 Å². The van der Waals surface area contributed by atoms with Crippen LogP contribution >= 0.6 is 35.0 Å². The Labute approximate surface area is 128 Å². The van der Waals surface area contributed by atoms with Gasteiger partial charge in [0.1, 0.15) is 5.82 Å². The lowest BCUT2D eigenvalue weighted by atomic mass is 10.2. The molecule has 0 aliphatic carbocycles. The first-order valence-corrected chi connectivity index (χ1v) is 6.91. The molecule has 2 aromatic rings. The molecule has 2 rings (SSSR count). The molecule has 20 heavy (non-hydrogen) atoms. The van der Waals surface area contributed by atoms with Crippen LogP contribution in [0.15, 0.2) is 40.1 Å². The zero-order valence-electron chi connectivity index (χ0n) is 9.86. The number of halogens is 3. The largest absolute Gasteiger partial charge is 0.478 e. The molecule has 0 atom stereocenters. The van der Waals surface area contributed by atoms with Crippen LogP contribution in [-0.2, 0) is 0 Å². The summed E-state index contributed by atoms with van der Waals surface area (Å²) in [7, 11) is 0. The summed E-state index contributed by atoms with van der Waals surface area (Å²) < 4.78 is 13.8. The van der Waals surface area contributed by atoms with Gasteiger partial charge in [-0.1, -0.05) is 35.0 Å². The van der Waals surface area contributed by atoms with Gasteiger partial charge in [-0.2, -0.15) is 0 Å². The zero-order valence-corrected chi connectivity index (χ0v) is 12.2. The Balaban J connectivity index is 2.40. The summed E-state index contributed by atoms with van der Waals surface area (Å²) in [5, 5.41) is 9.71. The van der Waals surface area contributed by atoms with Crippen LogP contribution in [-0.4, -0.2) is 11.1 Å². The molecule has 3 N–H and O–H groups in total. The smallest absolute Gasteiger partial charge is 0.337 e. The molecule has 0 aliphatic heterocycles. The Morgan fingerprint density at radius 2 is 1.90 bits per heavy atom. The summed E-state index contributed by atoms with van der Waals surface area (Å²) in [5.74, 6) is -1.80. The van der Waals surface area contributed by atoms with Crippen LogP contribution in [0.1, 0.15) is 10.4 Å². The highest BCUT2D eigenvalue weighted by Crippen LogP contribution is 2.35. The van der Waals surface area contributed by atoms with Gasteiger partial charge in [0, 0.05) is 15.5 Å². The second-order valence-corrected chi connectivity index (χ2v) is 5.78. The van der Waals surface area contributed by atoms with Crippen molar-refractivity contribution in [2.75, 3.05) is 5.73 Å². The van der Waals surface area contributed by atoms with E-state index in [1.165, 1.54) is 6.07 Å². The van der Waals surface area contributed by atoms with E-state index in [9.17, 15) is 9.18 Å². The number of hydrogen-bond acceptors (Lipinski definition) is 3. The molecule has 0 bridgehead atoms. The highest BCUT2D eigenvalue weighted by Gasteiger charge is 2.14. The van der Waals surface area contributed by atoms with Crippen LogP contribution < -0.4 is 5.73 Å². The minimum Gasteiger partial charge on any atom is -0.478 e. The number of rotatable bonds is 3. The van der Waals surface area contributed by atoms with Gasteiger partial charge in [-0.25, -0.2) is 9.18 Å². The standard InChI is InChI=1S/C13H8Cl2FNO2S/c14-8-2-1-6(3-9(8)15)20-12-4-7(13(18)19)11(17)5-10(12)16/h1-5H,17H2,(H,18,19). The number of aromatic carboxylic acids is 1. The van der Waals surface area contributed by atoms with E-state index in [1.54, 1.807) is 18.2 Å². The molecule has 0 heterocycles. The second kappa shape index (κ2) is 5.91. The Bertz CT molecular complexity index is 694. The van der Waals surface area contributed by atoms with Gasteiger partial charge in [0.2, 0.25) is 0 Å². The quantitative estimate of drug-likeness (QED) is 0.809. The third-order valence-electron chi connectivity index (χ3n) is 2.45. The summed E-state index contributed by atoms with van der Waals surface area (Å²) in [6.07, 6.45) is 0. The van der Waals surface area contributed by atoms with E-state index in [1.807, 2.05) is 0 Å². The van der Waals surface area contributed by atoms with Gasteiger partial charge in [-0.3, -0.25) is 0 Å². The SMILES string of the molecule is Nc1cc(F)c(Sc2ccc(Cl)c(Cl)c2)cc1C(=O)O. The van der Waals surface area contributed by atoms with Crippen molar-refractivity contribution in [3.8, 4) is 0 Å². The monoisotopic (exact) mass is 331 g/mol. The van der Waals surface area contributed by atoms with E-state index in [0.29, 0.717) is 14.9 Å². The van der Waals surface area contributed by atoms with Gasteiger partial charge in [-0.05, 0) is 30.3 Å². The third-order valence-corrected chi connectivity index (χ3v) is 4.21. The molecular formula is C13H8Cl2FNO2S. The van der Waals surface area contributed by atoms with Crippen molar-refractivity contribution in [2.24, 2.45) is 0 Å². The lowest BCUT2D eigenvalue weighted by molar-refractivity contribution is 0.0697. The molecule has 0 aliphatic rings. The molecule has 2 aromatic carbocycles. The molecule has 7 heteroatoms. The van der Waals surface area contributed by atoms with Crippen molar-refractivity contribution in [3.63, 3.8) is 0 Å². The minimum atomic E-state index is -1.21. The molecule has 0 amide bonds. The van der Waals surface area contributed by atoms with Crippen molar-refractivity contribution in [2.45, 2.75) is 9.79 Å². The maximum atomic E-state index is 13.8. The predicted molar refractivity (Wildman–Crippen MR) is 78.4 cm³/mol. The second-order valence-electron chi connectivity index (χ2n) is 3.85. The topological polar surface area (TPSA) is 63.3 Å². The van der Waals surface area contributed by atoms with Crippen LogP contribution in [0.5, 0.6) is 0 Å². The molecule has 0 aromatic heterocycles. The first kappa shape index (κ1) is 15.0. The highest BCUT2D eigenvalue weighted by molar-refractivity contribution is 7.99. The fourth-order valence-electron chi connectivity index (χ4n) is 1.50. The summed E-state index contributed by atoms with van der Waals surface area (Å²) >= 11 is 12.7. The molecule has 0 unspecified atom stereocenters. The van der Waals surface area contributed by atoms with Crippen LogP contribution in [0.4, 0.5) is 10.1 Å². The zero-order chi connectivity index (χ0) is 14.9. The number of nitrogens with two attached hydrogens (primary N) is 1. The fraction of sp³-hybridized carbons (Fsp3) is 0. The minimum absolute atomic E-state index is 0.117. The maximum absolute atomic E-state index is 13.8. The molecule has 0 saturated heterocycles. The van der Waals surface area contributed by atoms with Crippen LogP contribution in [0, 0.1) is 5.82 Å². The van der Waals surface area contributed by atoms with Crippen LogP contribution in [0.2, 0.25) is 10.0 Å². The summed E-state index contributed by atoms with van der Waals surface area (Å²) in [5.41, 5.74) is 5.20. The third kappa shape index (κ3) is 3.17. The molecule has 0 saturated carbocycles. The van der Waals surface area contributed by atoms with E-state index in [4.69, 9.17) is 34.0 Å². The number of carbonyl (C=O) groups is 1. The van der Waals surface area contributed by atoms with Gasteiger partial charge < -0.3 is 10.8 Å². The lowest BCUT2D eigenvalue weighted by Crippen LogP contribution is -2.03. The maximum Gasteiger partial charge on any atom is 0.337 e. The number of anilines is 1. The van der Waals surface area contributed by atoms with E-state index < -0.39 is 11.8 Å². The van der Waals surface area contributed by atoms with Crippen LogP contribution in [0.25, 0.3) is 0 Å². The molecule has 104 valence electrons. The first-order chi connectivity index (χ1) is 9.38. The summed E-state index contributed by atoms with van der Waals surface area (Å²) in [6, 6.07) is 7.00. The molecule has 0 radical (unpaired) electrons. The Morgan fingerprint density at radius 3 is 2.50 bits per heavy atom. The van der Waals surface area contributed by atoms with E-state index in [2.05, 4.69) is 0 Å². The van der Waals surface area contributed by atoms with Gasteiger partial charge in [0.05, 0.1) is 15.6 Å². The van der Waals surface area contributed by atoms with Gasteiger partial charge >= 0.3 is 5.97 Å². The molecule has 3 nitrogen and oxygen atoms in total. The van der Waals surface area contributed by atoms with Crippen molar-refractivity contribution in [1.29, 1.82) is 0 Å². The van der Waals surface area contributed by atoms with Crippen molar-refractivity contribution < 1.29 is 14.3 Å². The highest BCUT2D eigenvalue weighted by atomic mass is 35.5. The van der Waals surface area contributed by atoms with E-state index >= 15 is 0 Å². The lowest BCUT2D eigenvalue weighted by Gasteiger charge is -2.08. The number of carboxylic acid groups (broad SMARTS) is 1. The van der Waals surface area contributed by atoms with Crippen LogP contribution in [0.3, 0.4) is 0 Å². The van der Waals surface area contributed by atoms with Crippen molar-refractivity contribution in [3.05, 3.63) is 51.8 Å². The van der Waals surface area contributed by atoms with Crippen molar-refractivity contribution >= 4 is 46.6 Å². The fourth-order valence-corrected chi connectivity index (χ4v) is 2.76. The van der Waals surface area contributed by atoms with Gasteiger partial charge in [-0.15, -0.1) is 0 Å². The van der Waals surface area contributed by atoms with Gasteiger partial charge in [0.15, 0.2) is 0 Å². The van der Waals surface area contributed by atoms with E-state index in [0.717, 1.165) is 17.8 Å². The van der Waals surface area contributed by atoms with E-state index in [-0.39, 0.29) is 16.1 Å². The first-order valence-electron chi connectivity index (χ1n) is 5.33. The normalized spacial score (nSPS) is 10.6. The number of benzene rings is 2. The Morgan fingerprint density at radius 1 is 1.20 bits per heavy atom. The Hall–Kier alpha value is -1.43. The average Bonchev–Trinajstić information content (AvgIpc) is 2.36. The summed E-state index contributed by atoms with van der Waals surface area (Å²) in [6.45, 7) is 0. The predicted octanol–water partition coefficient (Wildman–Crippen LogP) is 4.56. The average molecular weight is 332 g/mol. The molecular weight excluding hydrogens is 324 g/mol. The number of hydrogen-bond donors (Lipinski definition) is 2.